The Bertz CT molecular complexity index is 1860. The SMILES string of the molecule is c1ccc(-c2cccc(-c3ccc(Nc4ccc(-c5cccc6c5oc5ccccc56)cc4)cc3)c2)cc1. The molecule has 0 amide bonds. The van der Waals surface area contributed by atoms with Crippen molar-refractivity contribution >= 4 is 33.3 Å². The van der Waals surface area contributed by atoms with Crippen LogP contribution in [-0.4, -0.2) is 0 Å². The average Bonchev–Trinajstić information content (AvgIpc) is 3.38. The second-order valence-electron chi connectivity index (χ2n) is 9.51. The summed E-state index contributed by atoms with van der Waals surface area (Å²) in [6, 6.07) is 50.9. The predicted octanol–water partition coefficient (Wildman–Crippen LogP) is 10.3. The zero-order valence-corrected chi connectivity index (χ0v) is 20.8. The molecule has 1 N–H and O–H groups in total. The van der Waals surface area contributed by atoms with Crippen molar-refractivity contribution < 1.29 is 4.42 Å². The average molecular weight is 488 g/mol. The Labute approximate surface area is 221 Å². The Hall–Kier alpha value is -5.08. The van der Waals surface area contributed by atoms with Crippen LogP contribution < -0.4 is 5.32 Å². The number of nitrogens with one attached hydrogen (secondary N) is 1. The van der Waals surface area contributed by atoms with Gasteiger partial charge in [0.05, 0.1) is 0 Å². The molecule has 0 fully saturated rings. The minimum absolute atomic E-state index is 0.920. The van der Waals surface area contributed by atoms with Crippen LogP contribution in [0.2, 0.25) is 0 Å². The van der Waals surface area contributed by atoms with Gasteiger partial charge in [0.1, 0.15) is 11.2 Å². The van der Waals surface area contributed by atoms with E-state index < -0.39 is 0 Å². The fraction of sp³-hybridized carbons (Fsp3) is 0. The standard InChI is InChI=1S/C36H25NO/c1-2-8-25(9-3-1)28-10-6-11-29(24-28)26-16-20-30(21-17-26)37-31-22-18-27(19-23-31)32-13-7-14-34-33-12-4-5-15-35(33)38-36(32)34/h1-24,37H. The minimum atomic E-state index is 0.920. The van der Waals surface area contributed by atoms with Crippen LogP contribution in [-0.2, 0) is 0 Å². The highest BCUT2D eigenvalue weighted by molar-refractivity contribution is 6.09. The first-order valence-corrected chi connectivity index (χ1v) is 12.9. The van der Waals surface area contributed by atoms with Crippen LogP contribution >= 0.6 is 0 Å². The van der Waals surface area contributed by atoms with E-state index >= 15 is 0 Å². The third-order valence-corrected chi connectivity index (χ3v) is 7.08. The lowest BCUT2D eigenvalue weighted by Gasteiger charge is -2.10. The highest BCUT2D eigenvalue weighted by Gasteiger charge is 2.11. The van der Waals surface area contributed by atoms with Gasteiger partial charge in [0.2, 0.25) is 0 Å². The largest absolute Gasteiger partial charge is 0.455 e. The fourth-order valence-electron chi connectivity index (χ4n) is 5.13. The van der Waals surface area contributed by atoms with Crippen LogP contribution in [0.3, 0.4) is 0 Å². The van der Waals surface area contributed by atoms with Crippen LogP contribution in [0.5, 0.6) is 0 Å². The number of hydrogen-bond acceptors (Lipinski definition) is 2. The summed E-state index contributed by atoms with van der Waals surface area (Å²) in [5.74, 6) is 0. The first-order chi connectivity index (χ1) is 18.8. The van der Waals surface area contributed by atoms with Crippen LogP contribution in [0, 0.1) is 0 Å². The maximum absolute atomic E-state index is 6.23. The molecule has 0 aliphatic carbocycles. The molecule has 7 rings (SSSR count). The first-order valence-electron chi connectivity index (χ1n) is 12.9. The summed E-state index contributed by atoms with van der Waals surface area (Å²) >= 11 is 0. The lowest BCUT2D eigenvalue weighted by Crippen LogP contribution is -1.90. The van der Waals surface area contributed by atoms with Gasteiger partial charge in [-0.3, -0.25) is 0 Å². The zero-order chi connectivity index (χ0) is 25.3. The summed E-state index contributed by atoms with van der Waals surface area (Å²) in [4.78, 5) is 0. The molecule has 0 aliphatic heterocycles. The van der Waals surface area contributed by atoms with E-state index in [9.17, 15) is 0 Å². The van der Waals surface area contributed by atoms with Crippen molar-refractivity contribution in [3.05, 3.63) is 146 Å². The number of hydrogen-bond donors (Lipinski definition) is 1. The molecular weight excluding hydrogens is 462 g/mol. The van der Waals surface area contributed by atoms with E-state index in [4.69, 9.17) is 4.42 Å². The van der Waals surface area contributed by atoms with E-state index in [2.05, 4.69) is 133 Å². The summed E-state index contributed by atoms with van der Waals surface area (Å²) in [7, 11) is 0. The number of para-hydroxylation sites is 2. The normalized spacial score (nSPS) is 11.2. The van der Waals surface area contributed by atoms with Crippen LogP contribution in [0.1, 0.15) is 0 Å². The Morgan fingerprint density at radius 1 is 0.395 bits per heavy atom. The molecule has 0 aliphatic rings. The van der Waals surface area contributed by atoms with E-state index in [1.165, 1.54) is 22.3 Å². The highest BCUT2D eigenvalue weighted by Crippen LogP contribution is 2.36. The van der Waals surface area contributed by atoms with Crippen molar-refractivity contribution in [2.24, 2.45) is 0 Å². The summed E-state index contributed by atoms with van der Waals surface area (Å²) in [6.07, 6.45) is 0. The van der Waals surface area contributed by atoms with Crippen molar-refractivity contribution in [2.45, 2.75) is 0 Å². The zero-order valence-electron chi connectivity index (χ0n) is 20.8. The summed E-state index contributed by atoms with van der Waals surface area (Å²) in [5.41, 5.74) is 11.1. The molecule has 2 heteroatoms. The Balaban J connectivity index is 1.11. The van der Waals surface area contributed by atoms with Crippen molar-refractivity contribution in [2.75, 3.05) is 5.32 Å². The van der Waals surface area contributed by atoms with Gasteiger partial charge in [0.25, 0.3) is 0 Å². The van der Waals surface area contributed by atoms with Crippen LogP contribution in [0.4, 0.5) is 11.4 Å². The molecule has 6 aromatic carbocycles. The van der Waals surface area contributed by atoms with E-state index in [0.29, 0.717) is 0 Å². The van der Waals surface area contributed by atoms with Crippen LogP contribution in [0.15, 0.2) is 150 Å². The maximum Gasteiger partial charge on any atom is 0.143 e. The molecule has 1 heterocycles. The van der Waals surface area contributed by atoms with Gasteiger partial charge in [0.15, 0.2) is 0 Å². The molecule has 0 unspecified atom stereocenters. The smallest absolute Gasteiger partial charge is 0.143 e. The number of anilines is 2. The first kappa shape index (κ1) is 22.1. The van der Waals surface area contributed by atoms with Gasteiger partial charge in [-0.1, -0.05) is 109 Å². The molecule has 2 nitrogen and oxygen atoms in total. The lowest BCUT2D eigenvalue weighted by molar-refractivity contribution is 0.670. The quantitative estimate of drug-likeness (QED) is 0.261. The van der Waals surface area contributed by atoms with Crippen molar-refractivity contribution in [1.29, 1.82) is 0 Å². The van der Waals surface area contributed by atoms with Crippen molar-refractivity contribution in [3.8, 4) is 33.4 Å². The van der Waals surface area contributed by atoms with E-state index in [1.54, 1.807) is 0 Å². The molecule has 1 aromatic heterocycles. The van der Waals surface area contributed by atoms with Gasteiger partial charge in [0, 0.05) is 27.7 Å². The van der Waals surface area contributed by atoms with Gasteiger partial charge in [-0.25, -0.2) is 0 Å². The number of furan rings is 1. The summed E-state index contributed by atoms with van der Waals surface area (Å²) in [6.45, 7) is 0. The minimum Gasteiger partial charge on any atom is -0.455 e. The Morgan fingerprint density at radius 2 is 0.947 bits per heavy atom. The molecule has 0 saturated carbocycles. The van der Waals surface area contributed by atoms with Gasteiger partial charge >= 0.3 is 0 Å². The number of benzene rings is 6. The summed E-state index contributed by atoms with van der Waals surface area (Å²) < 4.78 is 6.23. The van der Waals surface area contributed by atoms with Crippen LogP contribution in [0.25, 0.3) is 55.3 Å². The Morgan fingerprint density at radius 3 is 1.68 bits per heavy atom. The fourth-order valence-corrected chi connectivity index (χ4v) is 5.13. The predicted molar refractivity (Wildman–Crippen MR) is 160 cm³/mol. The van der Waals surface area contributed by atoms with Crippen molar-refractivity contribution in [3.63, 3.8) is 0 Å². The highest BCUT2D eigenvalue weighted by atomic mass is 16.3. The molecule has 0 bridgehead atoms. The van der Waals surface area contributed by atoms with Gasteiger partial charge in [-0.2, -0.15) is 0 Å². The lowest BCUT2D eigenvalue weighted by atomic mass is 9.99. The molecular formula is C36H25NO. The van der Waals surface area contributed by atoms with E-state index in [0.717, 1.165) is 44.4 Å². The monoisotopic (exact) mass is 487 g/mol. The molecule has 180 valence electrons. The number of fused-ring (bicyclic) bond motifs is 3. The third kappa shape index (κ3) is 4.12. The molecule has 7 aromatic rings. The van der Waals surface area contributed by atoms with Gasteiger partial charge < -0.3 is 9.73 Å². The molecule has 0 spiro atoms. The molecule has 0 saturated heterocycles. The molecule has 0 atom stereocenters. The molecule has 38 heavy (non-hydrogen) atoms. The van der Waals surface area contributed by atoms with Gasteiger partial charge in [-0.05, 0) is 64.2 Å². The summed E-state index contributed by atoms with van der Waals surface area (Å²) in [5, 5.41) is 5.83. The molecule has 0 radical (unpaired) electrons. The number of rotatable bonds is 5. The topological polar surface area (TPSA) is 25.2 Å². The maximum atomic E-state index is 6.23. The second kappa shape index (κ2) is 9.42. The van der Waals surface area contributed by atoms with E-state index in [1.807, 2.05) is 18.2 Å². The van der Waals surface area contributed by atoms with E-state index in [-0.39, 0.29) is 0 Å². The Kier molecular flexibility index (Phi) is 5.49. The third-order valence-electron chi connectivity index (χ3n) is 7.08. The second-order valence-corrected chi connectivity index (χ2v) is 9.51. The van der Waals surface area contributed by atoms with Gasteiger partial charge in [-0.15, -0.1) is 0 Å². The van der Waals surface area contributed by atoms with Crippen molar-refractivity contribution in [1.82, 2.24) is 0 Å².